The molecule has 1 aromatic carbocycles. The fourth-order valence-corrected chi connectivity index (χ4v) is 2.85. The molecule has 0 aliphatic heterocycles. The molecule has 7 heteroatoms. The van der Waals surface area contributed by atoms with E-state index in [1.165, 1.54) is 11.3 Å². The van der Waals surface area contributed by atoms with E-state index in [4.69, 9.17) is 0 Å². The third-order valence-electron chi connectivity index (χ3n) is 2.66. The number of hydrogen-bond acceptors (Lipinski definition) is 4. The molecule has 1 N–H and O–H groups in total. The Labute approximate surface area is 121 Å². The van der Waals surface area contributed by atoms with Crippen molar-refractivity contribution in [2.24, 2.45) is 0 Å². The second-order valence-electron chi connectivity index (χ2n) is 3.91. The van der Waals surface area contributed by atoms with Gasteiger partial charge in [0.05, 0.1) is 11.4 Å². The van der Waals surface area contributed by atoms with Crippen molar-refractivity contribution in [2.75, 3.05) is 5.32 Å². The van der Waals surface area contributed by atoms with Crippen molar-refractivity contribution < 1.29 is 4.79 Å². The molecule has 0 saturated carbocycles. The van der Waals surface area contributed by atoms with Gasteiger partial charge in [0.25, 0.3) is 5.91 Å². The van der Waals surface area contributed by atoms with Gasteiger partial charge >= 0.3 is 0 Å². The van der Waals surface area contributed by atoms with Crippen molar-refractivity contribution in [1.29, 1.82) is 0 Å². The summed E-state index contributed by atoms with van der Waals surface area (Å²) in [6, 6.07) is 7.46. The van der Waals surface area contributed by atoms with Crippen LogP contribution < -0.4 is 5.32 Å². The molecule has 5 nitrogen and oxygen atoms in total. The predicted molar refractivity (Wildman–Crippen MR) is 77.7 cm³/mol. The lowest BCUT2D eigenvalue weighted by Crippen LogP contribution is -2.16. The Kier molecular flexibility index (Phi) is 3.08. The molecule has 0 saturated heterocycles. The average molecular weight is 337 g/mol. The van der Waals surface area contributed by atoms with E-state index in [-0.39, 0.29) is 5.91 Å². The molecule has 19 heavy (non-hydrogen) atoms. The zero-order chi connectivity index (χ0) is 13.4. The molecule has 0 bridgehead atoms. The molecule has 0 aliphatic carbocycles. The standard InChI is InChI=1S/C12H9BrN4OS/c1-7-10(17-12(15-7)19-6-14-17)11(18)16-9-5-3-2-4-8(9)13/h2-6H,1H3,(H,16,18). The van der Waals surface area contributed by atoms with Crippen molar-refractivity contribution in [3.05, 3.63) is 45.6 Å². The number of rotatable bonds is 2. The number of hydrogen-bond donors (Lipinski definition) is 1. The second-order valence-corrected chi connectivity index (χ2v) is 5.58. The molecule has 0 fully saturated rings. The molecular weight excluding hydrogens is 328 g/mol. The molecule has 0 atom stereocenters. The highest BCUT2D eigenvalue weighted by Gasteiger charge is 2.19. The zero-order valence-electron chi connectivity index (χ0n) is 9.92. The number of imidazole rings is 1. The molecule has 0 spiro atoms. The summed E-state index contributed by atoms with van der Waals surface area (Å²) in [5.41, 5.74) is 3.52. The summed E-state index contributed by atoms with van der Waals surface area (Å²) in [7, 11) is 0. The lowest BCUT2D eigenvalue weighted by Gasteiger charge is -2.06. The van der Waals surface area contributed by atoms with Crippen molar-refractivity contribution >= 4 is 43.8 Å². The van der Waals surface area contributed by atoms with Gasteiger partial charge in [-0.2, -0.15) is 9.61 Å². The summed E-state index contributed by atoms with van der Waals surface area (Å²) in [5, 5.41) is 6.98. The number of aromatic nitrogens is 3. The molecule has 1 amide bonds. The highest BCUT2D eigenvalue weighted by molar-refractivity contribution is 9.10. The van der Waals surface area contributed by atoms with E-state index >= 15 is 0 Å². The number of benzene rings is 1. The van der Waals surface area contributed by atoms with E-state index in [9.17, 15) is 4.79 Å². The first-order valence-electron chi connectivity index (χ1n) is 5.51. The molecule has 0 aliphatic rings. The Bertz CT molecular complexity index is 764. The van der Waals surface area contributed by atoms with Gasteiger partial charge in [-0.05, 0) is 35.0 Å². The smallest absolute Gasteiger partial charge is 0.276 e. The van der Waals surface area contributed by atoms with Crippen molar-refractivity contribution in [2.45, 2.75) is 6.92 Å². The largest absolute Gasteiger partial charge is 0.320 e. The summed E-state index contributed by atoms with van der Waals surface area (Å²) < 4.78 is 2.40. The van der Waals surface area contributed by atoms with Gasteiger partial charge in [-0.15, -0.1) is 0 Å². The number of para-hydroxylation sites is 1. The number of nitrogens with zero attached hydrogens (tertiary/aromatic N) is 3. The highest BCUT2D eigenvalue weighted by atomic mass is 79.9. The first kappa shape index (κ1) is 12.3. The molecule has 2 aromatic heterocycles. The quantitative estimate of drug-likeness (QED) is 0.782. The van der Waals surface area contributed by atoms with E-state index in [1.54, 1.807) is 16.9 Å². The van der Waals surface area contributed by atoms with Crippen molar-refractivity contribution in [3.63, 3.8) is 0 Å². The maximum atomic E-state index is 12.3. The Morgan fingerprint density at radius 3 is 3.00 bits per heavy atom. The van der Waals surface area contributed by atoms with E-state index in [2.05, 4.69) is 31.3 Å². The summed E-state index contributed by atoms with van der Waals surface area (Å²) in [4.78, 5) is 17.4. The van der Waals surface area contributed by atoms with Crippen molar-refractivity contribution in [3.8, 4) is 0 Å². The Balaban J connectivity index is 1.98. The third kappa shape index (κ3) is 2.15. The van der Waals surface area contributed by atoms with Gasteiger partial charge in [0.1, 0.15) is 5.51 Å². The number of carbonyl (C=O) groups excluding carboxylic acids is 1. The first-order chi connectivity index (χ1) is 9.16. The van der Waals surface area contributed by atoms with E-state index in [0.29, 0.717) is 11.4 Å². The zero-order valence-corrected chi connectivity index (χ0v) is 12.3. The summed E-state index contributed by atoms with van der Waals surface area (Å²) in [6.45, 7) is 1.80. The van der Waals surface area contributed by atoms with E-state index in [0.717, 1.165) is 15.1 Å². The molecule has 0 radical (unpaired) electrons. The molecule has 3 aromatic rings. The highest BCUT2D eigenvalue weighted by Crippen LogP contribution is 2.23. The molecule has 0 unspecified atom stereocenters. The first-order valence-corrected chi connectivity index (χ1v) is 7.19. The predicted octanol–water partition coefficient (Wildman–Crippen LogP) is 3.11. The Morgan fingerprint density at radius 1 is 1.42 bits per heavy atom. The van der Waals surface area contributed by atoms with Crippen LogP contribution in [0.15, 0.2) is 34.2 Å². The van der Waals surface area contributed by atoms with Crippen LogP contribution in [-0.2, 0) is 0 Å². The van der Waals surface area contributed by atoms with E-state index < -0.39 is 0 Å². The monoisotopic (exact) mass is 336 g/mol. The Hall–Kier alpha value is -1.73. The van der Waals surface area contributed by atoms with Crippen molar-refractivity contribution in [1.82, 2.24) is 14.6 Å². The number of amides is 1. The third-order valence-corrected chi connectivity index (χ3v) is 4.02. The minimum absolute atomic E-state index is 0.220. The van der Waals surface area contributed by atoms with Gasteiger partial charge in [-0.25, -0.2) is 4.98 Å². The fourth-order valence-electron chi connectivity index (χ4n) is 1.80. The van der Waals surface area contributed by atoms with Gasteiger partial charge < -0.3 is 5.32 Å². The maximum absolute atomic E-state index is 12.3. The van der Waals surface area contributed by atoms with Crippen LogP contribution in [0.1, 0.15) is 16.2 Å². The number of fused-ring (bicyclic) bond motifs is 1. The molecule has 3 rings (SSSR count). The molecular formula is C12H9BrN4OS. The fraction of sp³-hybridized carbons (Fsp3) is 0.0833. The average Bonchev–Trinajstić information content (AvgIpc) is 2.91. The number of halogens is 1. The summed E-state index contributed by atoms with van der Waals surface area (Å²) in [5.74, 6) is -0.220. The SMILES string of the molecule is Cc1nc2scnn2c1C(=O)Nc1ccccc1Br. The van der Waals surface area contributed by atoms with E-state index in [1.807, 2.05) is 24.3 Å². The van der Waals surface area contributed by atoms with Gasteiger partial charge in [0.2, 0.25) is 4.96 Å². The summed E-state index contributed by atoms with van der Waals surface area (Å²) >= 11 is 4.80. The lowest BCUT2D eigenvalue weighted by atomic mass is 10.3. The van der Waals surface area contributed by atoms with Crippen LogP contribution in [0.25, 0.3) is 4.96 Å². The van der Waals surface area contributed by atoms with Crippen LogP contribution in [0.5, 0.6) is 0 Å². The van der Waals surface area contributed by atoms with Gasteiger partial charge in [0, 0.05) is 4.47 Å². The molecule has 2 heterocycles. The van der Waals surface area contributed by atoms with Crippen LogP contribution in [0.4, 0.5) is 5.69 Å². The van der Waals surface area contributed by atoms with Crippen LogP contribution in [0.3, 0.4) is 0 Å². The minimum atomic E-state index is -0.220. The second kappa shape index (κ2) is 4.75. The van der Waals surface area contributed by atoms with Crippen LogP contribution in [-0.4, -0.2) is 20.5 Å². The topological polar surface area (TPSA) is 59.3 Å². The van der Waals surface area contributed by atoms with Gasteiger partial charge in [-0.3, -0.25) is 4.79 Å². The maximum Gasteiger partial charge on any atom is 0.276 e. The molecule has 96 valence electrons. The van der Waals surface area contributed by atoms with Crippen LogP contribution >= 0.6 is 27.3 Å². The summed E-state index contributed by atoms with van der Waals surface area (Å²) in [6.07, 6.45) is 0. The number of carbonyl (C=O) groups is 1. The van der Waals surface area contributed by atoms with Crippen LogP contribution in [0.2, 0.25) is 0 Å². The number of nitrogens with one attached hydrogen (secondary N) is 1. The van der Waals surface area contributed by atoms with Gasteiger partial charge in [0.15, 0.2) is 5.69 Å². The Morgan fingerprint density at radius 2 is 2.21 bits per heavy atom. The normalized spacial score (nSPS) is 10.8. The van der Waals surface area contributed by atoms with Gasteiger partial charge in [-0.1, -0.05) is 23.5 Å². The number of aryl methyl sites for hydroxylation is 1. The van der Waals surface area contributed by atoms with Crippen LogP contribution in [0, 0.1) is 6.92 Å². The lowest BCUT2D eigenvalue weighted by molar-refractivity contribution is 0.102. The minimum Gasteiger partial charge on any atom is -0.320 e. The number of anilines is 1.